The van der Waals surface area contributed by atoms with Crippen LogP contribution < -0.4 is 30.7 Å². The van der Waals surface area contributed by atoms with E-state index in [9.17, 15) is 0 Å². The maximum Gasteiger partial charge on any atom is 0.268 e. The minimum Gasteiger partial charge on any atom is -0.457 e. The minimum atomic E-state index is 0.0250. The molecular weight excluding hydrogens is 711 g/mol. The Morgan fingerprint density at radius 3 is 1.70 bits per heavy atom. The Balaban J connectivity index is 1.15. The van der Waals surface area contributed by atoms with Crippen molar-refractivity contribution in [2.45, 2.75) is 52.4 Å². The van der Waals surface area contributed by atoms with Gasteiger partial charge in [-0.25, -0.2) is 0 Å². The van der Waals surface area contributed by atoms with Crippen LogP contribution in [0.3, 0.4) is 0 Å². The highest BCUT2D eigenvalue weighted by atomic mass is 32.1. The first-order valence-corrected chi connectivity index (χ1v) is 20.8. The van der Waals surface area contributed by atoms with Gasteiger partial charge < -0.3 is 15.0 Å². The number of hydrogen-bond acceptors (Lipinski definition) is 4. The van der Waals surface area contributed by atoms with Crippen LogP contribution in [-0.2, 0) is 10.8 Å². The van der Waals surface area contributed by atoms with Gasteiger partial charge in [0.2, 0.25) is 0 Å². The van der Waals surface area contributed by atoms with Crippen molar-refractivity contribution in [1.82, 2.24) is 0 Å². The number of ether oxygens (including phenoxy) is 1. The van der Waals surface area contributed by atoms with Crippen LogP contribution in [0.5, 0.6) is 11.5 Å². The molecule has 0 saturated carbocycles. The van der Waals surface area contributed by atoms with Crippen molar-refractivity contribution in [3.8, 4) is 33.8 Å². The molecule has 3 heterocycles. The molecule has 0 spiro atoms. The maximum atomic E-state index is 7.05. The van der Waals surface area contributed by atoms with Crippen molar-refractivity contribution < 1.29 is 4.74 Å². The number of nitrogens with zero attached hydrogens (tertiary/aromatic N) is 1. The summed E-state index contributed by atoms with van der Waals surface area (Å²) in [6.45, 7) is 13.7. The first kappa shape index (κ1) is 35.4. The third kappa shape index (κ3) is 6.22. The molecule has 0 fully saturated rings. The fourth-order valence-corrected chi connectivity index (χ4v) is 9.74. The van der Waals surface area contributed by atoms with Crippen molar-refractivity contribution in [3.63, 3.8) is 0 Å². The Kier molecular flexibility index (Phi) is 8.25. The average Bonchev–Trinajstić information content (AvgIpc) is 3.58. The Morgan fingerprint density at radius 2 is 1.11 bits per heavy atom. The van der Waals surface area contributed by atoms with E-state index in [1.54, 1.807) is 0 Å². The lowest BCUT2D eigenvalue weighted by Gasteiger charge is -2.34. The van der Waals surface area contributed by atoms with Crippen molar-refractivity contribution in [3.05, 3.63) is 169 Å². The predicted molar refractivity (Wildman–Crippen MR) is 246 cm³/mol. The summed E-state index contributed by atoms with van der Waals surface area (Å²) in [5, 5.41) is 5.10. The van der Waals surface area contributed by atoms with Gasteiger partial charge in [-0.05, 0) is 116 Å². The van der Waals surface area contributed by atoms with Gasteiger partial charge in [0, 0.05) is 43.3 Å². The van der Waals surface area contributed by atoms with Gasteiger partial charge in [-0.15, -0.1) is 11.3 Å². The van der Waals surface area contributed by atoms with Crippen molar-refractivity contribution in [2.75, 3.05) is 10.2 Å². The summed E-state index contributed by atoms with van der Waals surface area (Å²) in [5.41, 5.74) is 15.5. The molecule has 0 radical (unpaired) electrons. The van der Waals surface area contributed by atoms with Crippen LogP contribution in [0.2, 0.25) is 0 Å². The average molecular weight is 757 g/mol. The summed E-state index contributed by atoms with van der Waals surface area (Å²) >= 11 is 1.85. The summed E-state index contributed by atoms with van der Waals surface area (Å²) in [4.78, 5) is 2.39. The van der Waals surface area contributed by atoms with E-state index in [0.717, 1.165) is 56.4 Å². The van der Waals surface area contributed by atoms with Gasteiger partial charge in [0.25, 0.3) is 6.71 Å². The largest absolute Gasteiger partial charge is 0.457 e. The van der Waals surface area contributed by atoms with Gasteiger partial charge in [0.05, 0.1) is 0 Å². The molecule has 7 aromatic carbocycles. The van der Waals surface area contributed by atoms with Gasteiger partial charge in [-0.3, -0.25) is 0 Å². The molecule has 3 nitrogen and oxygen atoms in total. The van der Waals surface area contributed by atoms with Crippen molar-refractivity contribution in [1.29, 1.82) is 0 Å². The molecule has 278 valence electrons. The van der Waals surface area contributed by atoms with E-state index in [2.05, 4.69) is 209 Å². The predicted octanol–water partition coefficient (Wildman–Crippen LogP) is 13.0. The molecule has 57 heavy (non-hydrogen) atoms. The first-order valence-electron chi connectivity index (χ1n) is 19.9. The first-order chi connectivity index (χ1) is 27.5. The molecule has 8 aromatic rings. The van der Waals surface area contributed by atoms with Crippen molar-refractivity contribution in [2.24, 2.45) is 0 Å². The summed E-state index contributed by atoms with van der Waals surface area (Å²) in [7, 11) is 0. The molecule has 0 amide bonds. The standard InChI is InChI=1S/C52H45BN2OS/c1-51(2,3)37-18-22-39(23-19-37)55(40-24-20-38(21-25-40)52(4,5)6)41-26-27-43-44(32-41)54-45-30-36(34-15-11-8-12-16-34)31-46-48(45)53(43)50-49(56-46)42-29-35(17-28-47(42)57-50)33-13-9-7-10-14-33/h7-32,54H,1-6H3. The third-order valence-electron chi connectivity index (χ3n) is 11.6. The van der Waals surface area contributed by atoms with Crippen LogP contribution in [0.1, 0.15) is 52.7 Å². The number of fused-ring (bicyclic) bond motifs is 6. The quantitative estimate of drug-likeness (QED) is 0.177. The topological polar surface area (TPSA) is 24.5 Å². The molecule has 5 heteroatoms. The Hall–Kier alpha value is -6.04. The van der Waals surface area contributed by atoms with E-state index in [-0.39, 0.29) is 17.5 Å². The van der Waals surface area contributed by atoms with Crippen LogP contribution >= 0.6 is 11.3 Å². The second kappa shape index (κ2) is 13.3. The molecular formula is C52H45BN2OS. The van der Waals surface area contributed by atoms with E-state index >= 15 is 0 Å². The van der Waals surface area contributed by atoms with Gasteiger partial charge in [-0.2, -0.15) is 0 Å². The fourth-order valence-electron chi connectivity index (χ4n) is 8.50. The number of benzene rings is 7. The molecule has 0 bridgehead atoms. The second-order valence-corrected chi connectivity index (χ2v) is 18.6. The Bertz CT molecular complexity index is 2740. The van der Waals surface area contributed by atoms with E-state index < -0.39 is 0 Å². The zero-order valence-electron chi connectivity index (χ0n) is 33.4. The normalized spacial score (nSPS) is 13.0. The van der Waals surface area contributed by atoms with Gasteiger partial charge >= 0.3 is 0 Å². The number of nitrogens with one attached hydrogen (secondary N) is 1. The van der Waals surface area contributed by atoms with Crippen LogP contribution in [0, 0.1) is 0 Å². The summed E-state index contributed by atoms with van der Waals surface area (Å²) < 4.78 is 9.54. The molecule has 0 saturated heterocycles. The highest BCUT2D eigenvalue weighted by Crippen LogP contribution is 2.44. The highest BCUT2D eigenvalue weighted by molar-refractivity contribution is 7.33. The fraction of sp³-hybridized carbons (Fsp3) is 0.154. The zero-order valence-corrected chi connectivity index (χ0v) is 34.2. The molecule has 2 aliphatic heterocycles. The van der Waals surface area contributed by atoms with Crippen LogP contribution in [0.15, 0.2) is 158 Å². The van der Waals surface area contributed by atoms with Crippen molar-refractivity contribution >= 4 is 72.3 Å². The monoisotopic (exact) mass is 756 g/mol. The number of thiophene rings is 1. The van der Waals surface area contributed by atoms with Crippen LogP contribution in [0.25, 0.3) is 32.3 Å². The number of hydrogen-bond donors (Lipinski definition) is 1. The van der Waals surface area contributed by atoms with Gasteiger partial charge in [-0.1, -0.05) is 139 Å². The maximum absolute atomic E-state index is 7.05. The minimum absolute atomic E-state index is 0.0250. The summed E-state index contributed by atoms with van der Waals surface area (Å²) in [5.74, 6) is 1.88. The lowest BCUT2D eigenvalue weighted by Crippen LogP contribution is -2.57. The van der Waals surface area contributed by atoms with E-state index in [0.29, 0.717) is 0 Å². The van der Waals surface area contributed by atoms with E-state index in [4.69, 9.17) is 4.74 Å². The molecule has 2 aliphatic rings. The smallest absolute Gasteiger partial charge is 0.268 e. The lowest BCUT2D eigenvalue weighted by atomic mass is 9.37. The second-order valence-electron chi connectivity index (χ2n) is 17.5. The number of anilines is 5. The molecule has 1 N–H and O–H groups in total. The number of rotatable bonds is 5. The Morgan fingerprint density at radius 1 is 0.526 bits per heavy atom. The Labute approximate surface area is 340 Å². The molecule has 10 rings (SSSR count). The molecule has 0 unspecified atom stereocenters. The third-order valence-corrected chi connectivity index (χ3v) is 12.9. The zero-order chi connectivity index (χ0) is 39.1. The van der Waals surface area contributed by atoms with Crippen LogP contribution in [-0.4, -0.2) is 6.71 Å². The highest BCUT2D eigenvalue weighted by Gasteiger charge is 2.41. The molecule has 0 aliphatic carbocycles. The van der Waals surface area contributed by atoms with E-state index in [1.165, 1.54) is 42.7 Å². The molecule has 1 aromatic heterocycles. The van der Waals surface area contributed by atoms with Gasteiger partial charge in [0.15, 0.2) is 0 Å². The van der Waals surface area contributed by atoms with E-state index in [1.807, 2.05) is 11.3 Å². The summed E-state index contributed by atoms with van der Waals surface area (Å²) in [6.07, 6.45) is 0. The van der Waals surface area contributed by atoms with Crippen LogP contribution in [0.4, 0.5) is 28.4 Å². The summed E-state index contributed by atoms with van der Waals surface area (Å²) in [6, 6.07) is 57.8. The SMILES string of the molecule is CC(C)(C)c1ccc(N(c2ccc(C(C)(C)C)cc2)c2ccc3c(c2)Nc2cc(-c4ccccc4)cc4c2B3c2sc3ccc(-c5ccccc5)cc3c2O4)cc1. The lowest BCUT2D eigenvalue weighted by molar-refractivity contribution is 0.495. The van der Waals surface area contributed by atoms with Gasteiger partial charge in [0.1, 0.15) is 11.5 Å². The molecule has 0 atom stereocenters.